The molecule has 1 aromatic rings. The van der Waals surface area contributed by atoms with Gasteiger partial charge in [-0.15, -0.1) is 10.2 Å². The number of carboxylic acids is 1. The lowest BCUT2D eigenvalue weighted by Crippen LogP contribution is -2.69. The molecule has 4 heterocycles. The van der Waals surface area contributed by atoms with Crippen LogP contribution in [0, 0.1) is 12.8 Å². The summed E-state index contributed by atoms with van der Waals surface area (Å²) in [6, 6.07) is -1.03. The number of carboxylic acid groups (broad SMARTS) is 1. The number of nitrogens with two attached hydrogens (primary N) is 1. The number of thioether (sulfide) groups is 1. The third-order valence-electron chi connectivity index (χ3n) is 5.18. The lowest BCUT2D eigenvalue weighted by Gasteiger charge is -2.49. The van der Waals surface area contributed by atoms with Crippen LogP contribution < -0.4 is 5.73 Å². The Hall–Kier alpha value is -2.67. The Balaban J connectivity index is 1.49. The number of hydrogen-bond donors (Lipinski definition) is 2. The van der Waals surface area contributed by atoms with Crippen LogP contribution in [0.15, 0.2) is 15.6 Å². The highest BCUT2D eigenvalue weighted by molar-refractivity contribution is 8.01. The van der Waals surface area contributed by atoms with E-state index in [1.807, 2.05) is 6.92 Å². The van der Waals surface area contributed by atoms with Gasteiger partial charge >= 0.3 is 12.1 Å². The lowest BCUT2D eigenvalue weighted by atomic mass is 9.79. The molecule has 29 heavy (non-hydrogen) atoms. The minimum absolute atomic E-state index is 0.120. The van der Waals surface area contributed by atoms with Crippen LogP contribution in [-0.4, -0.2) is 80.0 Å². The standard InChI is InChI=1S/C16H17N5O6S2/c1-6-18-19-16(29-6)28-5-9(22)20-3-7-2-8(4-27-15(17)26)11(14(24)25)21-10(7)12(20)13(21)23/h7,10,12H,2-5H2,1H3,(H2,17,26)(H,24,25)/t7-,10-,12+/m1/s1. The van der Waals surface area contributed by atoms with Gasteiger partial charge in [0.05, 0.1) is 11.8 Å². The number of rotatable bonds is 6. The van der Waals surface area contributed by atoms with Gasteiger partial charge in [-0.25, -0.2) is 9.59 Å². The highest BCUT2D eigenvalue weighted by Crippen LogP contribution is 2.47. The summed E-state index contributed by atoms with van der Waals surface area (Å²) < 4.78 is 5.43. The van der Waals surface area contributed by atoms with Gasteiger partial charge in [-0.05, 0) is 18.9 Å². The summed E-state index contributed by atoms with van der Waals surface area (Å²) in [4.78, 5) is 50.8. The van der Waals surface area contributed by atoms with E-state index in [2.05, 4.69) is 10.2 Å². The topological polar surface area (TPSA) is 156 Å². The maximum Gasteiger partial charge on any atom is 0.404 e. The number of aromatic nitrogens is 2. The van der Waals surface area contributed by atoms with Gasteiger partial charge < -0.3 is 20.5 Å². The van der Waals surface area contributed by atoms with Crippen LogP contribution in [0.1, 0.15) is 11.4 Å². The van der Waals surface area contributed by atoms with Crippen molar-refractivity contribution >= 4 is 47.0 Å². The first-order valence-electron chi connectivity index (χ1n) is 8.71. The summed E-state index contributed by atoms with van der Waals surface area (Å²) in [7, 11) is 0. The average Bonchev–Trinajstić information content (AvgIpc) is 3.24. The largest absolute Gasteiger partial charge is 0.477 e. The molecule has 3 aliphatic rings. The third kappa shape index (κ3) is 3.33. The lowest BCUT2D eigenvalue weighted by molar-refractivity contribution is -0.159. The minimum atomic E-state index is -1.27. The number of amides is 3. The molecule has 154 valence electrons. The van der Waals surface area contributed by atoms with E-state index in [0.29, 0.717) is 22.9 Å². The number of ether oxygens (including phenoxy) is 1. The van der Waals surface area contributed by atoms with E-state index >= 15 is 0 Å². The molecule has 2 saturated heterocycles. The monoisotopic (exact) mass is 439 g/mol. The van der Waals surface area contributed by atoms with Crippen molar-refractivity contribution in [2.24, 2.45) is 11.7 Å². The summed E-state index contributed by atoms with van der Waals surface area (Å²) in [6.45, 7) is 1.86. The highest BCUT2D eigenvalue weighted by atomic mass is 32.2. The van der Waals surface area contributed by atoms with E-state index in [-0.39, 0.29) is 35.9 Å². The summed E-state index contributed by atoms with van der Waals surface area (Å²) in [6.07, 6.45) is -0.712. The number of carbonyl (C=O) groups excluding carboxylic acids is 3. The molecule has 11 nitrogen and oxygen atoms in total. The van der Waals surface area contributed by atoms with Crippen LogP contribution in [0.4, 0.5) is 4.79 Å². The molecule has 0 spiro atoms. The zero-order valence-electron chi connectivity index (χ0n) is 15.2. The van der Waals surface area contributed by atoms with Crippen molar-refractivity contribution in [2.45, 2.75) is 29.8 Å². The quantitative estimate of drug-likeness (QED) is 0.453. The number of likely N-dealkylation sites (tertiary alicyclic amines) is 1. The smallest absolute Gasteiger partial charge is 0.404 e. The first-order valence-corrected chi connectivity index (χ1v) is 10.5. The molecule has 0 bridgehead atoms. The van der Waals surface area contributed by atoms with Crippen molar-refractivity contribution in [2.75, 3.05) is 18.9 Å². The molecule has 3 amide bonds. The average molecular weight is 439 g/mol. The van der Waals surface area contributed by atoms with Gasteiger partial charge in [0.2, 0.25) is 5.91 Å². The number of aryl methyl sites for hydroxylation is 1. The fourth-order valence-corrected chi connectivity index (χ4v) is 5.82. The second-order valence-corrected chi connectivity index (χ2v) is 9.30. The van der Waals surface area contributed by atoms with Crippen molar-refractivity contribution in [3.8, 4) is 0 Å². The van der Waals surface area contributed by atoms with Crippen molar-refractivity contribution in [3.63, 3.8) is 0 Å². The van der Waals surface area contributed by atoms with E-state index in [9.17, 15) is 24.3 Å². The Labute approximate surface area is 172 Å². The van der Waals surface area contributed by atoms with Crippen LogP contribution in [0.25, 0.3) is 0 Å². The van der Waals surface area contributed by atoms with E-state index in [1.165, 1.54) is 32.9 Å². The van der Waals surface area contributed by atoms with Crippen LogP contribution in [-0.2, 0) is 19.1 Å². The second kappa shape index (κ2) is 7.30. The summed E-state index contributed by atoms with van der Waals surface area (Å²) in [5.41, 5.74) is 5.12. The Morgan fingerprint density at radius 2 is 2.14 bits per heavy atom. The summed E-state index contributed by atoms with van der Waals surface area (Å²) in [5, 5.41) is 18.2. The van der Waals surface area contributed by atoms with Crippen molar-refractivity contribution in [1.29, 1.82) is 0 Å². The molecular formula is C16H17N5O6S2. The summed E-state index contributed by atoms with van der Waals surface area (Å²) in [5.74, 6) is -1.91. The maximum absolute atomic E-state index is 12.7. The SMILES string of the molecule is Cc1nnc(SCC(=O)N2C[C@H]3CC(COC(N)=O)=C(C(=O)O)N4C(=O)[C@@H]2[C@@H]34)s1. The van der Waals surface area contributed by atoms with Gasteiger partial charge in [0.1, 0.15) is 23.4 Å². The van der Waals surface area contributed by atoms with Gasteiger partial charge in [0.25, 0.3) is 5.91 Å². The van der Waals surface area contributed by atoms with Crippen LogP contribution >= 0.6 is 23.1 Å². The molecule has 13 heteroatoms. The van der Waals surface area contributed by atoms with Crippen molar-refractivity contribution in [3.05, 3.63) is 16.3 Å². The second-order valence-electron chi connectivity index (χ2n) is 6.89. The van der Waals surface area contributed by atoms with E-state index < -0.39 is 24.0 Å². The van der Waals surface area contributed by atoms with Crippen LogP contribution in [0.5, 0.6) is 0 Å². The molecule has 0 unspecified atom stereocenters. The Kier molecular flexibility index (Phi) is 4.94. The zero-order chi connectivity index (χ0) is 20.9. The first-order chi connectivity index (χ1) is 13.8. The summed E-state index contributed by atoms with van der Waals surface area (Å²) >= 11 is 2.65. The number of nitrogens with zero attached hydrogens (tertiary/aromatic N) is 4. The fourth-order valence-electron chi connectivity index (χ4n) is 4.12. The highest BCUT2D eigenvalue weighted by Gasteiger charge is 2.63. The zero-order valence-corrected chi connectivity index (χ0v) is 16.9. The Bertz CT molecular complexity index is 946. The molecule has 0 saturated carbocycles. The molecule has 3 atom stereocenters. The van der Waals surface area contributed by atoms with Crippen molar-refractivity contribution in [1.82, 2.24) is 20.0 Å². The number of aliphatic carboxylic acids is 1. The van der Waals surface area contributed by atoms with Gasteiger partial charge in [-0.2, -0.15) is 0 Å². The van der Waals surface area contributed by atoms with E-state index in [0.717, 1.165) is 5.01 Å². The number of carbonyl (C=O) groups is 4. The first kappa shape index (κ1) is 19.6. The molecule has 4 rings (SSSR count). The number of hydrogen-bond acceptors (Lipinski definition) is 9. The Morgan fingerprint density at radius 1 is 1.38 bits per heavy atom. The minimum Gasteiger partial charge on any atom is -0.477 e. The molecule has 3 aliphatic heterocycles. The van der Waals surface area contributed by atoms with Crippen molar-refractivity contribution < 1.29 is 29.0 Å². The van der Waals surface area contributed by atoms with Gasteiger partial charge in [-0.1, -0.05) is 23.1 Å². The third-order valence-corrected chi connectivity index (χ3v) is 7.14. The normalized spacial score (nSPS) is 25.0. The molecule has 3 N–H and O–H groups in total. The molecular weight excluding hydrogens is 422 g/mol. The predicted octanol–water partition coefficient (Wildman–Crippen LogP) is -0.186. The molecule has 1 aromatic heterocycles. The Morgan fingerprint density at radius 3 is 2.76 bits per heavy atom. The fraction of sp³-hybridized carbons (Fsp3) is 0.500. The molecule has 0 aromatic carbocycles. The predicted molar refractivity (Wildman–Crippen MR) is 99.8 cm³/mol. The number of primary amides is 1. The molecule has 0 aliphatic carbocycles. The van der Waals surface area contributed by atoms with Crippen LogP contribution in [0.3, 0.4) is 0 Å². The maximum atomic E-state index is 12.7. The number of β-lactam (4-membered cyclic amide) rings is 1. The van der Waals surface area contributed by atoms with Crippen LogP contribution in [0.2, 0.25) is 0 Å². The van der Waals surface area contributed by atoms with Gasteiger partial charge in [0, 0.05) is 12.5 Å². The molecule has 0 radical (unpaired) electrons. The molecule has 2 fully saturated rings. The van der Waals surface area contributed by atoms with E-state index in [1.54, 1.807) is 0 Å². The van der Waals surface area contributed by atoms with Gasteiger partial charge in [0.15, 0.2) is 4.34 Å². The van der Waals surface area contributed by atoms with E-state index in [4.69, 9.17) is 10.5 Å². The van der Waals surface area contributed by atoms with Gasteiger partial charge in [-0.3, -0.25) is 14.5 Å².